The average molecular weight is 344 g/mol. The Morgan fingerprint density at radius 1 is 1.05 bits per heavy atom. The second kappa shape index (κ2) is 5.66. The van der Waals surface area contributed by atoms with E-state index in [0.717, 1.165) is 18.2 Å². The van der Waals surface area contributed by atoms with E-state index in [4.69, 9.17) is 0 Å². The van der Waals surface area contributed by atoms with Gasteiger partial charge < -0.3 is 5.32 Å². The smallest absolute Gasteiger partial charge is 0.255 e. The Labute approximate surface area is 121 Å². The summed E-state index contributed by atoms with van der Waals surface area (Å²) in [5, 5.41) is 2.09. The predicted molar refractivity (Wildman–Crippen MR) is 73.1 cm³/mol. The highest BCUT2D eigenvalue weighted by Crippen LogP contribution is 2.24. The first-order valence-corrected chi connectivity index (χ1v) is 6.40. The third-order valence-electron chi connectivity index (χ3n) is 2.68. The second-order valence-corrected chi connectivity index (χ2v) is 5.08. The lowest BCUT2D eigenvalue weighted by molar-refractivity contribution is 0.102. The van der Waals surface area contributed by atoms with Crippen LogP contribution in [0.4, 0.5) is 18.9 Å². The highest BCUT2D eigenvalue weighted by Gasteiger charge is 2.15. The number of benzene rings is 2. The molecule has 2 nitrogen and oxygen atoms in total. The van der Waals surface area contributed by atoms with E-state index in [1.54, 1.807) is 6.92 Å². The van der Waals surface area contributed by atoms with Gasteiger partial charge in [0.2, 0.25) is 0 Å². The van der Waals surface area contributed by atoms with E-state index in [9.17, 15) is 18.0 Å². The Morgan fingerprint density at radius 3 is 2.20 bits per heavy atom. The molecule has 1 N–H and O–H groups in total. The number of anilines is 1. The Kier molecular flexibility index (Phi) is 4.13. The third kappa shape index (κ3) is 3.01. The fourth-order valence-corrected chi connectivity index (χ4v) is 1.98. The molecular weight excluding hydrogens is 335 g/mol. The summed E-state index contributed by atoms with van der Waals surface area (Å²) in [4.78, 5) is 11.8. The number of hydrogen-bond acceptors (Lipinski definition) is 1. The van der Waals surface area contributed by atoms with Crippen LogP contribution in [0.5, 0.6) is 0 Å². The van der Waals surface area contributed by atoms with Crippen molar-refractivity contribution in [1.82, 2.24) is 0 Å². The van der Waals surface area contributed by atoms with Crippen LogP contribution in [0.3, 0.4) is 0 Å². The van der Waals surface area contributed by atoms with Crippen LogP contribution in [-0.2, 0) is 0 Å². The summed E-state index contributed by atoms with van der Waals surface area (Å²) in [5.41, 5.74) is -0.212. The van der Waals surface area contributed by atoms with Gasteiger partial charge in [0, 0.05) is 10.0 Å². The van der Waals surface area contributed by atoms with E-state index in [-0.39, 0.29) is 10.0 Å². The van der Waals surface area contributed by atoms with Gasteiger partial charge in [-0.3, -0.25) is 4.79 Å². The van der Waals surface area contributed by atoms with Crippen molar-refractivity contribution in [2.75, 3.05) is 5.32 Å². The van der Waals surface area contributed by atoms with Crippen LogP contribution in [0, 0.1) is 24.4 Å². The van der Waals surface area contributed by atoms with Crippen molar-refractivity contribution in [1.29, 1.82) is 0 Å². The molecule has 0 fully saturated rings. The van der Waals surface area contributed by atoms with Crippen LogP contribution in [-0.4, -0.2) is 5.91 Å². The number of carbonyl (C=O) groups excluding carboxylic acids is 1. The average Bonchev–Trinajstić information content (AvgIpc) is 2.36. The van der Waals surface area contributed by atoms with Crippen molar-refractivity contribution < 1.29 is 18.0 Å². The van der Waals surface area contributed by atoms with Crippen molar-refractivity contribution in [2.45, 2.75) is 6.92 Å². The summed E-state index contributed by atoms with van der Waals surface area (Å²) >= 11 is 2.93. The van der Waals surface area contributed by atoms with Gasteiger partial charge in [-0.1, -0.05) is 22.0 Å². The minimum Gasteiger partial charge on any atom is -0.317 e. The molecule has 20 heavy (non-hydrogen) atoms. The zero-order valence-electron chi connectivity index (χ0n) is 10.3. The third-order valence-corrected chi connectivity index (χ3v) is 3.14. The number of nitrogens with one attached hydrogen (secondary N) is 1. The van der Waals surface area contributed by atoms with E-state index >= 15 is 0 Å². The Morgan fingerprint density at radius 2 is 1.65 bits per heavy atom. The Balaban J connectivity index is 2.30. The maximum Gasteiger partial charge on any atom is 0.255 e. The molecule has 0 heterocycles. The fraction of sp³-hybridized carbons (Fsp3) is 0.0714. The summed E-state index contributed by atoms with van der Waals surface area (Å²) in [6.07, 6.45) is 0. The van der Waals surface area contributed by atoms with Gasteiger partial charge in [0.15, 0.2) is 11.6 Å². The monoisotopic (exact) mass is 343 g/mol. The molecule has 1 amide bonds. The highest BCUT2D eigenvalue weighted by atomic mass is 79.9. The minimum absolute atomic E-state index is 0.0187. The lowest BCUT2D eigenvalue weighted by atomic mass is 10.1. The number of halogens is 4. The first kappa shape index (κ1) is 14.6. The number of carbonyl (C=O) groups is 1. The molecule has 0 aliphatic heterocycles. The van der Waals surface area contributed by atoms with E-state index in [1.807, 2.05) is 0 Å². The van der Waals surface area contributed by atoms with Crippen LogP contribution < -0.4 is 5.32 Å². The molecule has 0 saturated carbocycles. The fourth-order valence-electron chi connectivity index (χ4n) is 1.58. The van der Waals surface area contributed by atoms with Gasteiger partial charge in [-0.25, -0.2) is 13.2 Å². The molecule has 0 aliphatic rings. The Hall–Kier alpha value is -1.82. The summed E-state index contributed by atoms with van der Waals surface area (Å²) in [6.45, 7) is 1.55. The lowest BCUT2D eigenvalue weighted by Crippen LogP contribution is -2.14. The largest absolute Gasteiger partial charge is 0.317 e. The van der Waals surface area contributed by atoms with Crippen LogP contribution in [0.1, 0.15) is 15.9 Å². The van der Waals surface area contributed by atoms with Crippen molar-refractivity contribution in [3.05, 3.63) is 63.4 Å². The zero-order valence-corrected chi connectivity index (χ0v) is 11.9. The molecule has 104 valence electrons. The maximum atomic E-state index is 13.6. The molecule has 0 spiro atoms. The molecule has 2 rings (SSSR count). The molecule has 0 saturated heterocycles. The van der Waals surface area contributed by atoms with Gasteiger partial charge in [0.25, 0.3) is 5.91 Å². The highest BCUT2D eigenvalue weighted by molar-refractivity contribution is 9.10. The minimum atomic E-state index is -0.919. The molecule has 0 radical (unpaired) electrons. The van der Waals surface area contributed by atoms with Crippen LogP contribution in [0.25, 0.3) is 0 Å². The van der Waals surface area contributed by atoms with Crippen molar-refractivity contribution in [2.24, 2.45) is 0 Å². The van der Waals surface area contributed by atoms with Crippen molar-refractivity contribution in [3.8, 4) is 0 Å². The normalized spacial score (nSPS) is 10.4. The van der Waals surface area contributed by atoms with E-state index in [1.165, 1.54) is 12.1 Å². The lowest BCUT2D eigenvalue weighted by Gasteiger charge is -2.08. The Bertz CT molecular complexity index is 665. The summed E-state index contributed by atoms with van der Waals surface area (Å²) in [7, 11) is 0. The quantitative estimate of drug-likeness (QED) is 0.858. The zero-order chi connectivity index (χ0) is 14.9. The second-order valence-electron chi connectivity index (χ2n) is 4.16. The molecule has 2 aromatic rings. The number of rotatable bonds is 2. The molecular formula is C14H9BrF3NO. The van der Waals surface area contributed by atoms with Crippen LogP contribution in [0.15, 0.2) is 34.8 Å². The maximum absolute atomic E-state index is 13.6. The number of aryl methyl sites for hydroxylation is 1. The summed E-state index contributed by atoms with van der Waals surface area (Å²) in [5.74, 6) is -3.19. The molecule has 0 atom stereocenters. The topological polar surface area (TPSA) is 29.1 Å². The number of hydrogen-bond donors (Lipinski definition) is 1. The molecule has 0 unspecified atom stereocenters. The van der Waals surface area contributed by atoms with Gasteiger partial charge in [-0.15, -0.1) is 0 Å². The van der Waals surface area contributed by atoms with Crippen LogP contribution in [0.2, 0.25) is 0 Å². The molecule has 6 heteroatoms. The molecule has 2 aromatic carbocycles. The SMILES string of the molecule is Cc1ccc(C(=O)Nc2c(F)cc(Br)cc2F)cc1F. The van der Waals surface area contributed by atoms with E-state index < -0.39 is 29.0 Å². The molecule has 0 aliphatic carbocycles. The van der Waals surface area contributed by atoms with Gasteiger partial charge in [-0.2, -0.15) is 0 Å². The van der Waals surface area contributed by atoms with Gasteiger partial charge >= 0.3 is 0 Å². The summed E-state index contributed by atoms with van der Waals surface area (Å²) < 4.78 is 40.7. The van der Waals surface area contributed by atoms with Gasteiger partial charge in [0.05, 0.1) is 0 Å². The van der Waals surface area contributed by atoms with Gasteiger partial charge in [0.1, 0.15) is 11.5 Å². The van der Waals surface area contributed by atoms with E-state index in [2.05, 4.69) is 21.2 Å². The van der Waals surface area contributed by atoms with Crippen LogP contribution >= 0.6 is 15.9 Å². The first-order chi connectivity index (χ1) is 9.38. The van der Waals surface area contributed by atoms with Crippen molar-refractivity contribution >= 4 is 27.5 Å². The molecule has 0 bridgehead atoms. The van der Waals surface area contributed by atoms with E-state index in [0.29, 0.717) is 5.56 Å². The van der Waals surface area contributed by atoms with Crippen molar-refractivity contribution in [3.63, 3.8) is 0 Å². The first-order valence-electron chi connectivity index (χ1n) is 5.60. The predicted octanol–water partition coefficient (Wildman–Crippen LogP) is 4.43. The number of amides is 1. The summed E-state index contributed by atoms with van der Waals surface area (Å²) in [6, 6.07) is 5.85. The standard InChI is InChI=1S/C14H9BrF3NO/c1-7-2-3-8(4-10(7)16)14(20)19-13-11(17)5-9(15)6-12(13)18/h2-6H,1H3,(H,19,20). The van der Waals surface area contributed by atoms with Gasteiger partial charge in [-0.05, 0) is 36.8 Å². The molecule has 0 aromatic heterocycles.